The summed E-state index contributed by atoms with van der Waals surface area (Å²) in [6.07, 6.45) is 4.33. The summed E-state index contributed by atoms with van der Waals surface area (Å²) in [5, 5.41) is 3.56. The number of nitrogens with zero attached hydrogens (tertiary/aromatic N) is 2. The van der Waals surface area contributed by atoms with Crippen molar-refractivity contribution in [2.45, 2.75) is 31.2 Å². The number of carbonyl (C=O) groups excluding carboxylic acids is 1. The van der Waals surface area contributed by atoms with E-state index in [1.165, 1.54) is 16.3 Å². The van der Waals surface area contributed by atoms with Gasteiger partial charge in [-0.15, -0.1) is 11.8 Å². The zero-order chi connectivity index (χ0) is 14.3. The van der Waals surface area contributed by atoms with E-state index in [0.29, 0.717) is 22.8 Å². The van der Waals surface area contributed by atoms with Gasteiger partial charge in [0, 0.05) is 5.56 Å². The lowest BCUT2D eigenvalue weighted by Gasteiger charge is -2.02. The van der Waals surface area contributed by atoms with E-state index in [2.05, 4.69) is 10.1 Å². The summed E-state index contributed by atoms with van der Waals surface area (Å²) in [5.41, 5.74) is 2.19. The lowest BCUT2D eigenvalue weighted by Crippen LogP contribution is -2.20. The lowest BCUT2D eigenvalue weighted by molar-refractivity contribution is 0.0524. The topological polar surface area (TPSA) is 76.5 Å². The van der Waals surface area contributed by atoms with Crippen LogP contribution in [0.2, 0.25) is 0 Å². The number of hydrogen-bond donors (Lipinski definition) is 1. The van der Waals surface area contributed by atoms with Crippen LogP contribution in [0.1, 0.15) is 35.0 Å². The number of aromatic amines is 1. The Morgan fingerprint density at radius 3 is 3.00 bits per heavy atom. The van der Waals surface area contributed by atoms with Crippen LogP contribution in [0.15, 0.2) is 9.82 Å². The highest BCUT2D eigenvalue weighted by molar-refractivity contribution is 7.98. The Bertz CT molecular complexity index is 747. The molecule has 2 aromatic rings. The van der Waals surface area contributed by atoms with Gasteiger partial charge in [-0.3, -0.25) is 9.89 Å². The molecule has 0 bridgehead atoms. The molecular formula is C13H15N3O3S. The van der Waals surface area contributed by atoms with E-state index in [1.807, 2.05) is 6.26 Å². The summed E-state index contributed by atoms with van der Waals surface area (Å²) in [6, 6.07) is 0. The first kappa shape index (κ1) is 13.2. The van der Waals surface area contributed by atoms with Crippen molar-refractivity contribution in [2.24, 2.45) is 0 Å². The molecule has 2 aromatic heterocycles. The molecule has 0 saturated heterocycles. The third-order valence-electron chi connectivity index (χ3n) is 3.45. The second-order valence-electron chi connectivity index (χ2n) is 4.60. The summed E-state index contributed by atoms with van der Waals surface area (Å²) in [7, 11) is 0. The van der Waals surface area contributed by atoms with Gasteiger partial charge in [0.15, 0.2) is 5.65 Å². The Balaban J connectivity index is 2.30. The maximum atomic E-state index is 12.4. The first-order valence-electron chi connectivity index (χ1n) is 6.55. The van der Waals surface area contributed by atoms with Crippen molar-refractivity contribution >= 4 is 23.4 Å². The van der Waals surface area contributed by atoms with E-state index in [4.69, 9.17) is 4.74 Å². The average molecular weight is 293 g/mol. The Kier molecular flexibility index (Phi) is 3.29. The molecule has 0 fully saturated rings. The van der Waals surface area contributed by atoms with Crippen LogP contribution in [0.25, 0.3) is 5.65 Å². The quantitative estimate of drug-likeness (QED) is 0.684. The summed E-state index contributed by atoms with van der Waals surface area (Å²) >= 11 is 1.37. The van der Waals surface area contributed by atoms with Crippen LogP contribution in [0, 0.1) is 0 Å². The van der Waals surface area contributed by atoms with E-state index in [0.717, 1.165) is 30.5 Å². The number of rotatable bonds is 3. The first-order chi connectivity index (χ1) is 9.67. The van der Waals surface area contributed by atoms with Crippen LogP contribution < -0.4 is 5.56 Å². The predicted octanol–water partition coefficient (Wildman–Crippen LogP) is 1.41. The molecule has 0 spiro atoms. The molecule has 2 heterocycles. The van der Waals surface area contributed by atoms with Gasteiger partial charge in [-0.05, 0) is 32.4 Å². The number of fused-ring (bicyclic) bond motifs is 2. The molecule has 0 unspecified atom stereocenters. The minimum atomic E-state index is -0.444. The van der Waals surface area contributed by atoms with E-state index >= 15 is 0 Å². The van der Waals surface area contributed by atoms with Gasteiger partial charge in [-0.1, -0.05) is 0 Å². The molecule has 0 aliphatic heterocycles. The fourth-order valence-electron chi connectivity index (χ4n) is 2.56. The van der Waals surface area contributed by atoms with Gasteiger partial charge >= 0.3 is 5.97 Å². The maximum Gasteiger partial charge on any atom is 0.344 e. The number of aryl methyl sites for hydroxylation is 1. The van der Waals surface area contributed by atoms with Gasteiger partial charge in [-0.2, -0.15) is 4.52 Å². The predicted molar refractivity (Wildman–Crippen MR) is 75.6 cm³/mol. The van der Waals surface area contributed by atoms with E-state index in [1.54, 1.807) is 6.92 Å². The molecule has 0 saturated carbocycles. The Labute approximate surface area is 119 Å². The molecule has 1 aliphatic carbocycles. The number of aromatic nitrogens is 3. The highest BCUT2D eigenvalue weighted by atomic mass is 32.2. The van der Waals surface area contributed by atoms with Gasteiger partial charge in [0.05, 0.1) is 12.3 Å². The minimum Gasteiger partial charge on any atom is -0.462 e. The normalized spacial score (nSPS) is 13.7. The lowest BCUT2D eigenvalue weighted by atomic mass is 10.2. The highest BCUT2D eigenvalue weighted by Crippen LogP contribution is 2.25. The zero-order valence-electron chi connectivity index (χ0n) is 11.4. The third kappa shape index (κ3) is 1.84. The summed E-state index contributed by atoms with van der Waals surface area (Å²) in [5.74, 6) is -0.444. The maximum absolute atomic E-state index is 12.4. The van der Waals surface area contributed by atoms with Crippen LogP contribution in [0.5, 0.6) is 0 Å². The molecule has 3 rings (SSSR count). The number of esters is 1. The molecule has 0 atom stereocenters. The van der Waals surface area contributed by atoms with Crippen molar-refractivity contribution in [3.8, 4) is 0 Å². The fourth-order valence-corrected chi connectivity index (χ4v) is 3.12. The highest BCUT2D eigenvalue weighted by Gasteiger charge is 2.26. The van der Waals surface area contributed by atoms with E-state index < -0.39 is 5.97 Å². The Morgan fingerprint density at radius 2 is 2.30 bits per heavy atom. The molecule has 0 aromatic carbocycles. The van der Waals surface area contributed by atoms with Crippen molar-refractivity contribution in [3.63, 3.8) is 0 Å². The molecule has 6 nitrogen and oxygen atoms in total. The molecule has 0 radical (unpaired) electrons. The van der Waals surface area contributed by atoms with Crippen LogP contribution in [0.3, 0.4) is 0 Å². The van der Waals surface area contributed by atoms with Crippen molar-refractivity contribution in [1.29, 1.82) is 0 Å². The largest absolute Gasteiger partial charge is 0.462 e. The van der Waals surface area contributed by atoms with Gasteiger partial charge in [0.1, 0.15) is 10.6 Å². The molecular weight excluding hydrogens is 278 g/mol. The van der Waals surface area contributed by atoms with Gasteiger partial charge in [0.2, 0.25) is 0 Å². The standard InChI is InChI=1S/C13H15N3O3S/c1-3-19-13(18)9-10-14-8-6-4-5-7(8)12(17)16(10)15-11(9)20-2/h15H,3-6H2,1-2H3. The first-order valence-corrected chi connectivity index (χ1v) is 7.77. The van der Waals surface area contributed by atoms with Gasteiger partial charge in [-0.25, -0.2) is 9.78 Å². The van der Waals surface area contributed by atoms with Gasteiger partial charge in [0.25, 0.3) is 5.56 Å². The smallest absolute Gasteiger partial charge is 0.344 e. The third-order valence-corrected chi connectivity index (χ3v) is 4.15. The van der Waals surface area contributed by atoms with E-state index in [-0.39, 0.29) is 5.56 Å². The summed E-state index contributed by atoms with van der Waals surface area (Å²) in [6.45, 7) is 2.04. The average Bonchev–Trinajstić information content (AvgIpc) is 3.03. The second kappa shape index (κ2) is 4.97. The SMILES string of the molecule is CCOC(=O)c1c(SC)[nH]n2c(=O)c3c(nc12)CCC3. The number of nitrogens with one attached hydrogen (secondary N) is 1. The van der Waals surface area contributed by atoms with Gasteiger partial charge < -0.3 is 4.74 Å². The number of hydrogen-bond acceptors (Lipinski definition) is 5. The second-order valence-corrected chi connectivity index (χ2v) is 5.41. The van der Waals surface area contributed by atoms with Crippen LogP contribution >= 0.6 is 11.8 Å². The van der Waals surface area contributed by atoms with Crippen LogP contribution in [0.4, 0.5) is 0 Å². The molecule has 1 aliphatic rings. The van der Waals surface area contributed by atoms with Crippen molar-refractivity contribution < 1.29 is 9.53 Å². The number of thioether (sulfide) groups is 1. The Hall–Kier alpha value is -1.76. The minimum absolute atomic E-state index is 0.103. The molecule has 20 heavy (non-hydrogen) atoms. The van der Waals surface area contributed by atoms with E-state index in [9.17, 15) is 9.59 Å². The van der Waals surface area contributed by atoms with Crippen molar-refractivity contribution in [2.75, 3.05) is 12.9 Å². The number of H-pyrrole nitrogens is 1. The summed E-state index contributed by atoms with van der Waals surface area (Å²) in [4.78, 5) is 29.0. The van der Waals surface area contributed by atoms with Crippen molar-refractivity contribution in [1.82, 2.24) is 14.6 Å². The Morgan fingerprint density at radius 1 is 1.50 bits per heavy atom. The van der Waals surface area contributed by atoms with Crippen LogP contribution in [-0.4, -0.2) is 33.4 Å². The number of ether oxygens (including phenoxy) is 1. The van der Waals surface area contributed by atoms with Crippen LogP contribution in [-0.2, 0) is 17.6 Å². The monoisotopic (exact) mass is 293 g/mol. The number of carbonyl (C=O) groups is 1. The fraction of sp³-hybridized carbons (Fsp3) is 0.462. The summed E-state index contributed by atoms with van der Waals surface area (Å²) < 4.78 is 6.43. The molecule has 7 heteroatoms. The molecule has 1 N–H and O–H groups in total. The van der Waals surface area contributed by atoms with Crippen molar-refractivity contribution in [3.05, 3.63) is 27.2 Å². The molecule has 106 valence electrons. The molecule has 0 amide bonds. The zero-order valence-corrected chi connectivity index (χ0v) is 12.2.